The molecule has 0 amide bonds. The van der Waals surface area contributed by atoms with Crippen molar-refractivity contribution in [1.29, 1.82) is 0 Å². The highest BCUT2D eigenvalue weighted by molar-refractivity contribution is 4.76. The molecule has 0 bridgehead atoms. The highest BCUT2D eigenvalue weighted by Crippen LogP contribution is 1.92. The van der Waals surface area contributed by atoms with E-state index in [9.17, 15) is 0 Å². The van der Waals surface area contributed by atoms with Gasteiger partial charge in [0.05, 0.1) is 13.6 Å². The van der Waals surface area contributed by atoms with E-state index in [0.29, 0.717) is 6.61 Å². The molecule has 0 saturated heterocycles. The minimum absolute atomic E-state index is 0.298. The van der Waals surface area contributed by atoms with Gasteiger partial charge in [-0.15, -0.1) is 0 Å². The van der Waals surface area contributed by atoms with Gasteiger partial charge in [0.25, 0.3) is 5.82 Å². The number of aromatic nitrogens is 2. The van der Waals surface area contributed by atoms with Crippen LogP contribution in [0.5, 0.6) is 0 Å². The standard InChI is InChI=1S/C9H17N2O/c1-9-10(2)6-7-11(9)5-3-4-8-12/h6-7,12H,3-5,8H2,1-2H3/q+1. The van der Waals surface area contributed by atoms with Gasteiger partial charge in [0.15, 0.2) is 0 Å². The molecule has 12 heavy (non-hydrogen) atoms. The Morgan fingerprint density at radius 3 is 2.75 bits per heavy atom. The van der Waals surface area contributed by atoms with Crippen molar-refractivity contribution in [3.63, 3.8) is 0 Å². The van der Waals surface area contributed by atoms with Crippen LogP contribution in [0.1, 0.15) is 18.7 Å². The Morgan fingerprint density at radius 2 is 2.25 bits per heavy atom. The van der Waals surface area contributed by atoms with Gasteiger partial charge in [0.2, 0.25) is 0 Å². The molecule has 3 nitrogen and oxygen atoms in total. The Morgan fingerprint density at radius 1 is 1.50 bits per heavy atom. The number of hydrogen-bond donors (Lipinski definition) is 1. The molecule has 0 fully saturated rings. The average Bonchev–Trinajstić information content (AvgIpc) is 2.36. The fourth-order valence-corrected chi connectivity index (χ4v) is 1.23. The number of aryl methyl sites for hydroxylation is 2. The van der Waals surface area contributed by atoms with Gasteiger partial charge in [-0.1, -0.05) is 0 Å². The summed E-state index contributed by atoms with van der Waals surface area (Å²) in [5.41, 5.74) is 0. The molecule has 1 heterocycles. The first-order valence-corrected chi connectivity index (χ1v) is 4.38. The fraction of sp³-hybridized carbons (Fsp3) is 0.667. The van der Waals surface area contributed by atoms with Crippen LogP contribution in [0.3, 0.4) is 0 Å². The lowest BCUT2D eigenvalue weighted by Crippen LogP contribution is -2.35. The largest absolute Gasteiger partial charge is 0.396 e. The quantitative estimate of drug-likeness (QED) is 0.513. The van der Waals surface area contributed by atoms with Crippen molar-refractivity contribution in [3.8, 4) is 0 Å². The zero-order chi connectivity index (χ0) is 8.97. The number of nitrogens with zero attached hydrogens (tertiary/aromatic N) is 2. The first-order chi connectivity index (χ1) is 5.75. The Kier molecular flexibility index (Phi) is 3.29. The first-order valence-electron chi connectivity index (χ1n) is 4.38. The second-order valence-electron chi connectivity index (χ2n) is 3.08. The monoisotopic (exact) mass is 169 g/mol. The zero-order valence-electron chi connectivity index (χ0n) is 7.82. The highest BCUT2D eigenvalue weighted by Gasteiger charge is 2.06. The minimum atomic E-state index is 0.298. The molecule has 68 valence electrons. The van der Waals surface area contributed by atoms with E-state index in [1.165, 1.54) is 5.82 Å². The Hall–Kier alpha value is -0.830. The van der Waals surface area contributed by atoms with E-state index in [2.05, 4.69) is 22.3 Å². The molecule has 1 aromatic heterocycles. The number of aliphatic hydroxyl groups excluding tert-OH is 1. The van der Waals surface area contributed by atoms with Crippen LogP contribution in [0.4, 0.5) is 0 Å². The second-order valence-corrected chi connectivity index (χ2v) is 3.08. The van der Waals surface area contributed by atoms with Gasteiger partial charge in [-0.3, -0.25) is 0 Å². The summed E-state index contributed by atoms with van der Waals surface area (Å²) in [6.07, 6.45) is 6.06. The average molecular weight is 169 g/mol. The Balaban J connectivity index is 2.46. The lowest BCUT2D eigenvalue weighted by Gasteiger charge is -1.97. The molecule has 0 atom stereocenters. The molecule has 0 unspecified atom stereocenters. The maximum atomic E-state index is 8.60. The number of rotatable bonds is 4. The molecule has 0 radical (unpaired) electrons. The molecule has 0 spiro atoms. The topological polar surface area (TPSA) is 29.0 Å². The van der Waals surface area contributed by atoms with Gasteiger partial charge in [-0.25, -0.2) is 9.13 Å². The van der Waals surface area contributed by atoms with E-state index in [0.717, 1.165) is 19.4 Å². The summed E-state index contributed by atoms with van der Waals surface area (Å²) in [5, 5.41) is 8.60. The van der Waals surface area contributed by atoms with Crippen LogP contribution in [-0.4, -0.2) is 16.3 Å². The van der Waals surface area contributed by atoms with Gasteiger partial charge >= 0.3 is 0 Å². The molecule has 3 heteroatoms. The van der Waals surface area contributed by atoms with Crippen LogP contribution < -0.4 is 4.57 Å². The molecular weight excluding hydrogens is 152 g/mol. The van der Waals surface area contributed by atoms with Gasteiger partial charge in [-0.05, 0) is 12.8 Å². The normalized spacial score (nSPS) is 10.6. The van der Waals surface area contributed by atoms with Crippen LogP contribution in [0.25, 0.3) is 0 Å². The van der Waals surface area contributed by atoms with Crippen LogP contribution in [0.15, 0.2) is 12.4 Å². The summed E-state index contributed by atoms with van der Waals surface area (Å²) in [5.74, 6) is 1.26. The number of imidazole rings is 1. The van der Waals surface area contributed by atoms with Crippen molar-refractivity contribution in [2.24, 2.45) is 7.05 Å². The third-order valence-corrected chi connectivity index (χ3v) is 2.20. The highest BCUT2D eigenvalue weighted by atomic mass is 16.2. The molecule has 0 aliphatic heterocycles. The van der Waals surface area contributed by atoms with Crippen molar-refractivity contribution in [2.45, 2.75) is 26.3 Å². The van der Waals surface area contributed by atoms with Crippen LogP contribution in [-0.2, 0) is 13.6 Å². The Bertz CT molecular complexity index is 243. The summed E-state index contributed by atoms with van der Waals surface area (Å²) < 4.78 is 4.30. The molecule has 1 aromatic rings. The SMILES string of the molecule is Cc1n(C)cc[n+]1CCCCO. The Labute approximate surface area is 73.3 Å². The van der Waals surface area contributed by atoms with E-state index >= 15 is 0 Å². The van der Waals surface area contributed by atoms with Crippen molar-refractivity contribution >= 4 is 0 Å². The molecular formula is C9H17N2O+. The van der Waals surface area contributed by atoms with E-state index < -0.39 is 0 Å². The van der Waals surface area contributed by atoms with Gasteiger partial charge in [0.1, 0.15) is 12.4 Å². The van der Waals surface area contributed by atoms with E-state index in [1.807, 2.05) is 13.2 Å². The van der Waals surface area contributed by atoms with Crippen molar-refractivity contribution < 1.29 is 9.67 Å². The summed E-state index contributed by atoms with van der Waals surface area (Å²) in [7, 11) is 2.04. The molecule has 0 saturated carbocycles. The fourth-order valence-electron chi connectivity index (χ4n) is 1.23. The molecule has 1 rings (SSSR count). The number of hydrogen-bond acceptors (Lipinski definition) is 1. The third-order valence-electron chi connectivity index (χ3n) is 2.20. The maximum absolute atomic E-state index is 8.60. The van der Waals surface area contributed by atoms with E-state index in [4.69, 9.17) is 5.11 Å². The maximum Gasteiger partial charge on any atom is 0.253 e. The summed E-state index contributed by atoms with van der Waals surface area (Å²) in [4.78, 5) is 0. The zero-order valence-corrected chi connectivity index (χ0v) is 7.82. The van der Waals surface area contributed by atoms with Crippen LogP contribution in [0, 0.1) is 6.92 Å². The summed E-state index contributed by atoms with van der Waals surface area (Å²) in [6, 6.07) is 0. The van der Waals surface area contributed by atoms with E-state index in [1.54, 1.807) is 0 Å². The van der Waals surface area contributed by atoms with Crippen molar-refractivity contribution in [2.75, 3.05) is 6.61 Å². The van der Waals surface area contributed by atoms with Crippen molar-refractivity contribution in [1.82, 2.24) is 4.57 Å². The van der Waals surface area contributed by atoms with E-state index in [-0.39, 0.29) is 0 Å². The van der Waals surface area contributed by atoms with Gasteiger partial charge < -0.3 is 5.11 Å². The molecule has 0 aliphatic carbocycles. The lowest BCUT2D eigenvalue weighted by atomic mass is 10.3. The molecule has 0 aromatic carbocycles. The number of aliphatic hydroxyl groups is 1. The smallest absolute Gasteiger partial charge is 0.253 e. The predicted octanol–water partition coefficient (Wildman–Crippen LogP) is 0.394. The van der Waals surface area contributed by atoms with Crippen molar-refractivity contribution in [3.05, 3.63) is 18.2 Å². The summed E-state index contributed by atoms with van der Waals surface area (Å²) >= 11 is 0. The lowest BCUT2D eigenvalue weighted by molar-refractivity contribution is -0.702. The minimum Gasteiger partial charge on any atom is -0.396 e. The second kappa shape index (κ2) is 4.26. The number of unbranched alkanes of at least 4 members (excludes halogenated alkanes) is 1. The van der Waals surface area contributed by atoms with Gasteiger partial charge in [-0.2, -0.15) is 0 Å². The van der Waals surface area contributed by atoms with Gasteiger partial charge in [0, 0.05) is 13.5 Å². The molecule has 1 N–H and O–H groups in total. The van der Waals surface area contributed by atoms with Crippen LogP contribution in [0.2, 0.25) is 0 Å². The van der Waals surface area contributed by atoms with Crippen LogP contribution >= 0.6 is 0 Å². The molecule has 0 aliphatic rings. The predicted molar refractivity (Wildman–Crippen MR) is 46.7 cm³/mol. The first kappa shape index (κ1) is 9.26. The third kappa shape index (κ3) is 2.08. The summed E-state index contributed by atoms with van der Waals surface area (Å²) in [6.45, 7) is 3.40.